The van der Waals surface area contributed by atoms with Gasteiger partial charge in [-0.2, -0.15) is 0 Å². The third-order valence-electron chi connectivity index (χ3n) is 3.57. The summed E-state index contributed by atoms with van der Waals surface area (Å²) in [7, 11) is 0. The smallest absolute Gasteiger partial charge is 0.244 e. The van der Waals surface area contributed by atoms with E-state index < -0.39 is 23.2 Å². The highest BCUT2D eigenvalue weighted by atomic mass is 35.5. The molecule has 0 aromatic heterocycles. The molecular weight excluding hydrogens is 350 g/mol. The zero-order chi connectivity index (χ0) is 18.4. The Kier molecular flexibility index (Phi) is 6.47. The van der Waals surface area contributed by atoms with Crippen LogP contribution in [-0.2, 0) is 16.0 Å². The molecule has 25 heavy (non-hydrogen) atoms. The minimum atomic E-state index is -0.873. The quantitative estimate of drug-likeness (QED) is 0.848. The van der Waals surface area contributed by atoms with Gasteiger partial charge in [0.1, 0.15) is 17.3 Å². The van der Waals surface area contributed by atoms with Crippen molar-refractivity contribution < 1.29 is 18.4 Å². The lowest BCUT2D eigenvalue weighted by Gasteiger charge is -2.20. The van der Waals surface area contributed by atoms with Gasteiger partial charge in [0, 0.05) is 18.5 Å². The van der Waals surface area contributed by atoms with Crippen LogP contribution in [0.25, 0.3) is 0 Å². The first-order chi connectivity index (χ1) is 11.9. The first kappa shape index (κ1) is 18.9. The fourth-order valence-corrected chi connectivity index (χ4v) is 2.49. The second-order valence-corrected chi connectivity index (χ2v) is 5.90. The number of rotatable bonds is 6. The topological polar surface area (TPSA) is 49.4 Å². The van der Waals surface area contributed by atoms with Crippen molar-refractivity contribution >= 4 is 29.1 Å². The highest BCUT2D eigenvalue weighted by molar-refractivity contribution is 6.30. The van der Waals surface area contributed by atoms with Crippen molar-refractivity contribution in [2.45, 2.75) is 13.3 Å². The lowest BCUT2D eigenvalue weighted by molar-refractivity contribution is -0.132. The molecular formula is C18H17ClF2N2O2. The number of nitrogens with zero attached hydrogens (tertiary/aromatic N) is 1. The number of carbonyl (C=O) groups is 2. The number of amides is 2. The molecule has 132 valence electrons. The van der Waals surface area contributed by atoms with E-state index in [0.717, 1.165) is 17.7 Å². The molecule has 0 aliphatic carbocycles. The second kappa shape index (κ2) is 8.58. The Bertz CT molecular complexity index is 763. The fourth-order valence-electron chi connectivity index (χ4n) is 2.27. The summed E-state index contributed by atoms with van der Waals surface area (Å²) in [5.74, 6) is -2.74. The van der Waals surface area contributed by atoms with Crippen LogP contribution >= 0.6 is 11.6 Å². The first-order valence-electron chi connectivity index (χ1n) is 7.60. The predicted molar refractivity (Wildman–Crippen MR) is 92.4 cm³/mol. The van der Waals surface area contributed by atoms with E-state index in [1.54, 1.807) is 18.2 Å². The third kappa shape index (κ3) is 5.53. The summed E-state index contributed by atoms with van der Waals surface area (Å²) >= 11 is 5.91. The van der Waals surface area contributed by atoms with Crippen molar-refractivity contribution in [3.05, 3.63) is 64.7 Å². The number of hydrogen-bond acceptors (Lipinski definition) is 2. The van der Waals surface area contributed by atoms with Crippen molar-refractivity contribution in [3.8, 4) is 0 Å². The summed E-state index contributed by atoms with van der Waals surface area (Å²) < 4.78 is 27.1. The van der Waals surface area contributed by atoms with Crippen molar-refractivity contribution in [1.29, 1.82) is 0 Å². The van der Waals surface area contributed by atoms with Crippen LogP contribution in [0.1, 0.15) is 12.5 Å². The van der Waals surface area contributed by atoms with Crippen LogP contribution in [0.2, 0.25) is 5.02 Å². The normalized spacial score (nSPS) is 10.4. The molecule has 0 saturated heterocycles. The molecule has 2 aromatic carbocycles. The van der Waals surface area contributed by atoms with E-state index in [4.69, 9.17) is 11.6 Å². The van der Waals surface area contributed by atoms with Crippen molar-refractivity contribution in [2.75, 3.05) is 18.4 Å². The van der Waals surface area contributed by atoms with Gasteiger partial charge < -0.3 is 10.2 Å². The molecule has 2 rings (SSSR count). The van der Waals surface area contributed by atoms with Gasteiger partial charge in [0.05, 0.1) is 6.54 Å². The molecule has 0 aliphatic rings. The van der Waals surface area contributed by atoms with E-state index in [9.17, 15) is 18.4 Å². The molecule has 0 saturated carbocycles. The van der Waals surface area contributed by atoms with Gasteiger partial charge >= 0.3 is 0 Å². The Balaban J connectivity index is 1.98. The molecule has 2 aromatic rings. The molecule has 0 atom stereocenters. The van der Waals surface area contributed by atoms with Crippen molar-refractivity contribution in [1.82, 2.24) is 4.90 Å². The Hall–Kier alpha value is -2.47. The zero-order valence-electron chi connectivity index (χ0n) is 13.6. The van der Waals surface area contributed by atoms with E-state index in [1.165, 1.54) is 17.9 Å². The SMILES string of the molecule is CC(=O)N(CCc1cccc(Cl)c1)CC(=O)Nc1c(F)cccc1F. The van der Waals surface area contributed by atoms with E-state index in [0.29, 0.717) is 11.4 Å². The van der Waals surface area contributed by atoms with Crippen LogP contribution in [0.3, 0.4) is 0 Å². The number of nitrogens with one attached hydrogen (secondary N) is 1. The van der Waals surface area contributed by atoms with Crippen LogP contribution in [0.15, 0.2) is 42.5 Å². The van der Waals surface area contributed by atoms with Gasteiger partial charge in [-0.3, -0.25) is 9.59 Å². The predicted octanol–water partition coefficient (Wildman–Crippen LogP) is 3.65. The van der Waals surface area contributed by atoms with Gasteiger partial charge in [0.25, 0.3) is 0 Å². The van der Waals surface area contributed by atoms with Gasteiger partial charge in [-0.25, -0.2) is 8.78 Å². The maximum atomic E-state index is 13.6. The Morgan fingerprint density at radius 2 is 1.76 bits per heavy atom. The molecule has 0 radical (unpaired) electrons. The summed E-state index contributed by atoms with van der Waals surface area (Å²) in [6, 6.07) is 10.5. The lowest BCUT2D eigenvalue weighted by Crippen LogP contribution is -2.38. The Labute approximate surface area is 149 Å². The molecule has 0 unspecified atom stereocenters. The molecule has 0 spiro atoms. The third-order valence-corrected chi connectivity index (χ3v) is 3.80. The Morgan fingerprint density at radius 1 is 1.12 bits per heavy atom. The van der Waals surface area contributed by atoms with Gasteiger partial charge in [0.15, 0.2) is 0 Å². The Morgan fingerprint density at radius 3 is 2.36 bits per heavy atom. The second-order valence-electron chi connectivity index (χ2n) is 5.47. The van der Waals surface area contributed by atoms with E-state index in [2.05, 4.69) is 5.32 Å². The fraction of sp³-hybridized carbons (Fsp3) is 0.222. The molecule has 0 fully saturated rings. The van der Waals surface area contributed by atoms with Crippen LogP contribution in [0.4, 0.5) is 14.5 Å². The van der Waals surface area contributed by atoms with Gasteiger partial charge in [-0.05, 0) is 36.2 Å². The van der Waals surface area contributed by atoms with Crippen LogP contribution < -0.4 is 5.32 Å². The maximum absolute atomic E-state index is 13.6. The average molecular weight is 367 g/mol. The first-order valence-corrected chi connectivity index (χ1v) is 7.98. The number of hydrogen-bond donors (Lipinski definition) is 1. The van der Waals surface area contributed by atoms with Gasteiger partial charge in [-0.1, -0.05) is 29.8 Å². The molecule has 1 N–H and O–H groups in total. The minimum absolute atomic E-state index is 0.281. The zero-order valence-corrected chi connectivity index (χ0v) is 14.3. The number of carbonyl (C=O) groups excluding carboxylic acids is 2. The highest BCUT2D eigenvalue weighted by Gasteiger charge is 2.17. The highest BCUT2D eigenvalue weighted by Crippen LogP contribution is 2.18. The van der Waals surface area contributed by atoms with Crippen molar-refractivity contribution in [3.63, 3.8) is 0 Å². The molecule has 0 heterocycles. The molecule has 0 aliphatic heterocycles. The number of para-hydroxylation sites is 1. The van der Waals surface area contributed by atoms with E-state index in [-0.39, 0.29) is 19.0 Å². The van der Waals surface area contributed by atoms with E-state index >= 15 is 0 Å². The lowest BCUT2D eigenvalue weighted by atomic mass is 10.1. The monoisotopic (exact) mass is 366 g/mol. The minimum Gasteiger partial charge on any atom is -0.333 e. The number of halogens is 3. The summed E-state index contributed by atoms with van der Waals surface area (Å²) in [6.45, 7) is 1.31. The molecule has 0 bridgehead atoms. The number of benzene rings is 2. The standard InChI is InChI=1S/C18H17ClF2N2O2/c1-12(24)23(9-8-13-4-2-5-14(19)10-13)11-17(25)22-18-15(20)6-3-7-16(18)21/h2-7,10H,8-9,11H2,1H3,(H,22,25). The van der Waals surface area contributed by atoms with Gasteiger partial charge in [0.2, 0.25) is 11.8 Å². The van der Waals surface area contributed by atoms with E-state index in [1.807, 2.05) is 6.07 Å². The molecule has 4 nitrogen and oxygen atoms in total. The number of anilines is 1. The molecule has 2 amide bonds. The summed E-state index contributed by atoms with van der Waals surface area (Å²) in [5.41, 5.74) is 0.394. The maximum Gasteiger partial charge on any atom is 0.244 e. The van der Waals surface area contributed by atoms with Crippen LogP contribution in [-0.4, -0.2) is 29.8 Å². The van der Waals surface area contributed by atoms with Crippen molar-refractivity contribution in [2.24, 2.45) is 0 Å². The average Bonchev–Trinajstić information content (AvgIpc) is 2.55. The summed E-state index contributed by atoms with van der Waals surface area (Å²) in [6.07, 6.45) is 0.501. The summed E-state index contributed by atoms with van der Waals surface area (Å²) in [5, 5.41) is 2.75. The summed E-state index contributed by atoms with van der Waals surface area (Å²) in [4.78, 5) is 25.1. The molecule has 7 heteroatoms. The van der Waals surface area contributed by atoms with Gasteiger partial charge in [-0.15, -0.1) is 0 Å². The van der Waals surface area contributed by atoms with Crippen LogP contribution in [0.5, 0.6) is 0 Å². The largest absolute Gasteiger partial charge is 0.333 e. The van der Waals surface area contributed by atoms with Crippen LogP contribution in [0, 0.1) is 11.6 Å².